The Kier molecular flexibility index (Phi) is 5.18. The molecule has 13 heteroatoms. The number of aromatic nitrogens is 2. The highest BCUT2D eigenvalue weighted by Gasteiger charge is 2.46. The summed E-state index contributed by atoms with van der Waals surface area (Å²) in [4.78, 5) is 12.2. The number of sulfonamides is 1. The van der Waals surface area contributed by atoms with E-state index in [-0.39, 0.29) is 29.1 Å². The van der Waals surface area contributed by atoms with Crippen LogP contribution in [0.25, 0.3) is 11.0 Å². The monoisotopic (exact) mass is 437 g/mol. The van der Waals surface area contributed by atoms with Crippen LogP contribution in [-0.2, 0) is 17.1 Å². The van der Waals surface area contributed by atoms with Crippen LogP contribution in [0.1, 0.15) is 14.3 Å². The molecule has 1 aliphatic rings. The van der Waals surface area contributed by atoms with Crippen LogP contribution in [-0.4, -0.2) is 46.4 Å². The average molecular weight is 437 g/mol. The van der Waals surface area contributed by atoms with Gasteiger partial charge in [0, 0.05) is 8.47 Å². The standard InChI is InChI=1S/C15H16F3N5O3S2.H2/c1-22-9-3-2-8(28(25,26)21-15(7-16)4-5-15)6-10(9)23(14(22)24)13(20)27-12(19)11(17)18;/h2-3,6,11,19-21H,4-5,7H2,1H3;1H. The molecule has 28 heavy (non-hydrogen) atoms. The fourth-order valence-corrected chi connectivity index (χ4v) is 4.66. The first-order valence-electron chi connectivity index (χ1n) is 7.96. The number of imidazole rings is 1. The molecule has 154 valence electrons. The molecule has 1 fully saturated rings. The van der Waals surface area contributed by atoms with Gasteiger partial charge in [0.05, 0.1) is 21.5 Å². The fraction of sp³-hybridized carbons (Fsp3) is 0.400. The summed E-state index contributed by atoms with van der Waals surface area (Å²) in [6.45, 7) is -0.846. The zero-order valence-corrected chi connectivity index (χ0v) is 16.1. The molecular weight excluding hydrogens is 419 g/mol. The lowest BCUT2D eigenvalue weighted by molar-refractivity contribution is 0.228. The second-order valence-corrected chi connectivity index (χ2v) is 9.13. The molecule has 1 aromatic heterocycles. The largest absolute Gasteiger partial charge is 0.335 e. The van der Waals surface area contributed by atoms with Crippen LogP contribution in [0.2, 0.25) is 0 Å². The van der Waals surface area contributed by atoms with Crippen molar-refractivity contribution in [3.8, 4) is 0 Å². The number of benzene rings is 1. The molecule has 2 aromatic rings. The van der Waals surface area contributed by atoms with Gasteiger partial charge in [0.25, 0.3) is 6.43 Å². The van der Waals surface area contributed by atoms with E-state index in [0.717, 1.165) is 15.2 Å². The summed E-state index contributed by atoms with van der Waals surface area (Å²) in [5.74, 6) is 0. The van der Waals surface area contributed by atoms with Crippen LogP contribution in [0.5, 0.6) is 0 Å². The molecule has 3 N–H and O–H groups in total. The second-order valence-electron chi connectivity index (χ2n) is 6.42. The highest BCUT2D eigenvalue weighted by Crippen LogP contribution is 2.37. The number of fused-ring (bicyclic) bond motifs is 1. The molecule has 0 unspecified atom stereocenters. The summed E-state index contributed by atoms with van der Waals surface area (Å²) in [6.07, 6.45) is -2.36. The zero-order chi connectivity index (χ0) is 20.9. The third-order valence-corrected chi connectivity index (χ3v) is 6.76. The van der Waals surface area contributed by atoms with Gasteiger partial charge in [-0.05, 0) is 42.8 Å². The van der Waals surface area contributed by atoms with E-state index in [2.05, 4.69) is 4.72 Å². The molecule has 3 rings (SSSR count). The van der Waals surface area contributed by atoms with Crippen LogP contribution >= 0.6 is 11.8 Å². The van der Waals surface area contributed by atoms with Crippen LogP contribution in [0.4, 0.5) is 13.2 Å². The molecule has 1 aliphatic carbocycles. The van der Waals surface area contributed by atoms with E-state index >= 15 is 0 Å². The van der Waals surface area contributed by atoms with Crippen LogP contribution in [0.15, 0.2) is 27.9 Å². The Morgan fingerprint density at radius 3 is 2.54 bits per heavy atom. The molecule has 0 spiro atoms. The van der Waals surface area contributed by atoms with Gasteiger partial charge in [-0.15, -0.1) is 0 Å². The molecule has 1 aromatic carbocycles. The predicted molar refractivity (Wildman–Crippen MR) is 102 cm³/mol. The normalized spacial score (nSPS) is 15.9. The quantitative estimate of drug-likeness (QED) is 0.490. The molecular formula is C15H18F3N5O3S2. The number of hydrogen-bond donors (Lipinski definition) is 3. The molecule has 0 radical (unpaired) electrons. The van der Waals surface area contributed by atoms with Crippen LogP contribution in [0, 0.1) is 10.8 Å². The Bertz CT molecular complexity index is 1140. The van der Waals surface area contributed by atoms with Gasteiger partial charge in [-0.3, -0.25) is 15.4 Å². The molecule has 0 saturated heterocycles. The molecule has 0 amide bonds. The van der Waals surface area contributed by atoms with Crippen LogP contribution in [0.3, 0.4) is 0 Å². The molecule has 0 aliphatic heterocycles. The number of thioether (sulfide) groups is 1. The van der Waals surface area contributed by atoms with Gasteiger partial charge in [-0.2, -0.15) is 0 Å². The zero-order valence-electron chi connectivity index (χ0n) is 14.5. The molecule has 8 nitrogen and oxygen atoms in total. The minimum atomic E-state index is -4.10. The number of halogens is 3. The predicted octanol–water partition coefficient (Wildman–Crippen LogP) is 2.12. The second kappa shape index (κ2) is 7.04. The Balaban J connectivity index is 0.00000300. The van der Waals surface area contributed by atoms with Crippen molar-refractivity contribution < 1.29 is 23.0 Å². The summed E-state index contributed by atoms with van der Waals surface area (Å²) in [5, 5.41) is 13.3. The lowest BCUT2D eigenvalue weighted by atomic mass is 10.3. The van der Waals surface area contributed by atoms with Gasteiger partial charge in [0.15, 0.2) is 5.17 Å². The maximum Gasteiger partial charge on any atom is 0.335 e. The van der Waals surface area contributed by atoms with Gasteiger partial charge in [-0.1, -0.05) is 0 Å². The lowest BCUT2D eigenvalue weighted by Gasteiger charge is -2.14. The first kappa shape index (κ1) is 20.6. The van der Waals surface area contributed by atoms with E-state index in [1.807, 2.05) is 0 Å². The number of nitrogens with one attached hydrogen (secondary N) is 3. The lowest BCUT2D eigenvalue weighted by Crippen LogP contribution is -2.38. The summed E-state index contributed by atoms with van der Waals surface area (Å²) in [7, 11) is -2.71. The van der Waals surface area contributed by atoms with E-state index < -0.39 is 44.6 Å². The average Bonchev–Trinajstić information content (AvgIpc) is 3.34. The first-order chi connectivity index (χ1) is 13.0. The van der Waals surface area contributed by atoms with Gasteiger partial charge < -0.3 is 0 Å². The van der Waals surface area contributed by atoms with Crippen molar-refractivity contribution in [2.75, 3.05) is 6.67 Å². The van der Waals surface area contributed by atoms with Crippen molar-refractivity contribution in [2.45, 2.75) is 29.7 Å². The first-order valence-corrected chi connectivity index (χ1v) is 10.3. The number of aryl methyl sites for hydroxylation is 1. The molecule has 0 bridgehead atoms. The number of nitrogens with zero attached hydrogens (tertiary/aromatic N) is 2. The highest BCUT2D eigenvalue weighted by molar-refractivity contribution is 8.26. The number of hydrogen-bond acceptors (Lipinski definition) is 6. The van der Waals surface area contributed by atoms with Gasteiger partial charge in [0.2, 0.25) is 10.0 Å². The van der Waals surface area contributed by atoms with Crippen LogP contribution < -0.4 is 10.4 Å². The maximum atomic E-state index is 13.1. The van der Waals surface area contributed by atoms with Gasteiger partial charge in [0.1, 0.15) is 11.7 Å². The third-order valence-electron chi connectivity index (χ3n) is 4.41. The van der Waals surface area contributed by atoms with Crippen molar-refractivity contribution in [3.63, 3.8) is 0 Å². The Morgan fingerprint density at radius 1 is 1.36 bits per heavy atom. The summed E-state index contributed by atoms with van der Waals surface area (Å²) in [5.41, 5.74) is -1.59. The number of alkyl halides is 3. The Morgan fingerprint density at radius 2 is 2.00 bits per heavy atom. The van der Waals surface area contributed by atoms with E-state index in [4.69, 9.17) is 10.8 Å². The fourth-order valence-electron chi connectivity index (χ4n) is 2.64. The smallest absolute Gasteiger partial charge is 0.295 e. The van der Waals surface area contributed by atoms with Crippen molar-refractivity contribution in [1.82, 2.24) is 13.9 Å². The van der Waals surface area contributed by atoms with Crippen molar-refractivity contribution in [3.05, 3.63) is 28.7 Å². The molecule has 1 saturated carbocycles. The SMILES string of the molecule is Cn1c(=O)n(C(=N)SC(=N)C(F)F)c2cc(S(=O)(=O)NC3(CF)CC3)ccc21.[HH]. The van der Waals surface area contributed by atoms with Crippen molar-refractivity contribution in [2.24, 2.45) is 7.05 Å². The van der Waals surface area contributed by atoms with E-state index in [1.54, 1.807) is 0 Å². The summed E-state index contributed by atoms with van der Waals surface area (Å²) < 4.78 is 67.5. The Hall–Kier alpha value is -2.12. The Labute approximate surface area is 163 Å². The van der Waals surface area contributed by atoms with Crippen molar-refractivity contribution in [1.29, 1.82) is 10.8 Å². The number of rotatable bonds is 5. The van der Waals surface area contributed by atoms with Crippen molar-refractivity contribution >= 4 is 43.0 Å². The summed E-state index contributed by atoms with van der Waals surface area (Å²) in [6, 6.07) is 3.70. The third kappa shape index (κ3) is 3.61. The topological polar surface area (TPSA) is 121 Å². The highest BCUT2D eigenvalue weighted by atomic mass is 32.2. The van der Waals surface area contributed by atoms with Gasteiger partial charge in [-0.25, -0.2) is 35.7 Å². The van der Waals surface area contributed by atoms with E-state index in [0.29, 0.717) is 12.8 Å². The van der Waals surface area contributed by atoms with E-state index in [9.17, 15) is 26.4 Å². The minimum Gasteiger partial charge on any atom is -0.295 e. The molecule has 1 heterocycles. The van der Waals surface area contributed by atoms with Gasteiger partial charge >= 0.3 is 5.69 Å². The maximum absolute atomic E-state index is 13.1. The van der Waals surface area contributed by atoms with E-state index in [1.165, 1.54) is 19.2 Å². The molecule has 0 atom stereocenters. The minimum absolute atomic E-state index is 0. The summed E-state index contributed by atoms with van der Waals surface area (Å²) >= 11 is 0.0917.